The Labute approximate surface area is 204 Å². The number of anilines is 1. The summed E-state index contributed by atoms with van der Waals surface area (Å²) in [6.45, 7) is -0.785. The van der Waals surface area contributed by atoms with Gasteiger partial charge in [-0.05, 0) is 18.9 Å². The van der Waals surface area contributed by atoms with Crippen molar-refractivity contribution >= 4 is 43.5 Å². The Hall–Kier alpha value is -1.58. The molecule has 2 fully saturated rings. The molecule has 0 bridgehead atoms. The number of pyridine rings is 1. The molecule has 5 N–H and O–H groups in total. The topological polar surface area (TPSA) is 187 Å². The fourth-order valence-electron chi connectivity index (χ4n) is 4.40. The number of nitriles is 1. The van der Waals surface area contributed by atoms with Gasteiger partial charge in [-0.25, -0.2) is 9.37 Å². The molecule has 0 spiro atoms. The van der Waals surface area contributed by atoms with Gasteiger partial charge in [0.2, 0.25) is 0 Å². The number of halogens is 2. The normalized spacial score (nSPS) is 27.2. The lowest BCUT2D eigenvalue weighted by Gasteiger charge is -2.19. The van der Waals surface area contributed by atoms with Gasteiger partial charge in [0, 0.05) is 17.6 Å². The van der Waals surface area contributed by atoms with Gasteiger partial charge in [0.25, 0.3) is 0 Å². The maximum Gasteiger partial charge on any atom is 0.340 e. The minimum atomic E-state index is -4.85. The zero-order chi connectivity index (χ0) is 25.5. The lowest BCUT2D eigenvalue weighted by atomic mass is 10.1. The monoisotopic (exact) mass is 552 g/mol. The molecule has 0 radical (unpaired) electrons. The van der Waals surface area contributed by atoms with Gasteiger partial charge in [-0.2, -0.15) is 5.26 Å². The van der Waals surface area contributed by atoms with E-state index in [-0.39, 0.29) is 22.4 Å². The standard InChI is InChI=1S/C19H24ClFN4O8P2/c20-17-12(7-22)15(23-10-3-1-2-4-10)11-5-6-25(18(11)24-17)19-14(21)16(26)13(33-19)8-32-35(30,31)9-34(27,28)29/h5-6,10,13-14,16,19,26H,1-4,8-9H2,(H,23,24)(H,30,31)(H2,27,28,29)/t13-,14+,16-,19-/m1/s1. The Balaban J connectivity index is 1.59. The molecule has 1 aliphatic carbocycles. The Kier molecular flexibility index (Phi) is 7.61. The highest BCUT2D eigenvalue weighted by molar-refractivity contribution is 7.70. The quantitative estimate of drug-likeness (QED) is 0.239. The lowest BCUT2D eigenvalue weighted by Crippen LogP contribution is -2.31. The first-order valence-corrected chi connectivity index (χ1v) is 14.7. The van der Waals surface area contributed by atoms with Crippen LogP contribution in [0.1, 0.15) is 37.5 Å². The number of ether oxygens (including phenoxy) is 1. The molecule has 192 valence electrons. The molecule has 35 heavy (non-hydrogen) atoms. The summed E-state index contributed by atoms with van der Waals surface area (Å²) in [6, 6.07) is 3.81. The first-order chi connectivity index (χ1) is 16.4. The minimum absolute atomic E-state index is 0.0899. The first kappa shape index (κ1) is 26.5. The second-order valence-electron chi connectivity index (χ2n) is 8.59. The summed E-state index contributed by atoms with van der Waals surface area (Å²) in [6.07, 6.45) is -1.16. The van der Waals surface area contributed by atoms with Gasteiger partial charge in [-0.15, -0.1) is 0 Å². The van der Waals surface area contributed by atoms with Crippen molar-refractivity contribution in [3.05, 3.63) is 23.0 Å². The van der Waals surface area contributed by atoms with Crippen LogP contribution in [0, 0.1) is 11.3 Å². The van der Waals surface area contributed by atoms with Gasteiger partial charge >= 0.3 is 15.2 Å². The van der Waals surface area contributed by atoms with Crippen LogP contribution in [0.15, 0.2) is 12.3 Å². The van der Waals surface area contributed by atoms with Crippen LogP contribution in [0.4, 0.5) is 10.1 Å². The highest BCUT2D eigenvalue weighted by Crippen LogP contribution is 2.55. The molecule has 1 saturated carbocycles. The minimum Gasteiger partial charge on any atom is -0.387 e. The number of alkyl halides is 1. The summed E-state index contributed by atoms with van der Waals surface area (Å²) in [7, 11) is -9.57. The number of nitrogens with zero attached hydrogens (tertiary/aromatic N) is 3. The van der Waals surface area contributed by atoms with E-state index in [4.69, 9.17) is 26.1 Å². The SMILES string of the molecule is N#Cc1c(Cl)nc2c(ccn2[C@@H]2O[C@H](COP(=O)(O)CP(=O)(O)O)[C@@H](O)[C@@H]2F)c1NC1CCCC1. The van der Waals surface area contributed by atoms with E-state index in [1.165, 1.54) is 10.8 Å². The van der Waals surface area contributed by atoms with E-state index in [1.807, 2.05) is 6.07 Å². The molecule has 3 heterocycles. The third-order valence-electron chi connectivity index (χ3n) is 6.00. The summed E-state index contributed by atoms with van der Waals surface area (Å²) in [5, 5.41) is 23.7. The predicted octanol–water partition coefficient (Wildman–Crippen LogP) is 2.85. The number of fused-ring (bicyclic) bond motifs is 1. The number of rotatable bonds is 8. The molecular formula is C19H24ClFN4O8P2. The smallest absolute Gasteiger partial charge is 0.340 e. The van der Waals surface area contributed by atoms with Gasteiger partial charge in [0.1, 0.15) is 29.5 Å². The van der Waals surface area contributed by atoms with Crippen LogP contribution in [0.5, 0.6) is 0 Å². The molecule has 4 rings (SSSR count). The van der Waals surface area contributed by atoms with Crippen molar-refractivity contribution in [2.24, 2.45) is 0 Å². The van der Waals surface area contributed by atoms with Crippen molar-refractivity contribution in [3.63, 3.8) is 0 Å². The maximum atomic E-state index is 15.1. The lowest BCUT2D eigenvalue weighted by molar-refractivity contribution is -0.0423. The second-order valence-corrected chi connectivity index (χ2v) is 12.9. The van der Waals surface area contributed by atoms with Crippen LogP contribution in [0.25, 0.3) is 11.0 Å². The number of aliphatic hydroxyl groups is 1. The second kappa shape index (κ2) is 10.1. The fourth-order valence-corrected chi connectivity index (χ4v) is 7.18. The Morgan fingerprint density at radius 2 is 2.03 bits per heavy atom. The summed E-state index contributed by atoms with van der Waals surface area (Å²) < 4.78 is 49.5. The van der Waals surface area contributed by atoms with E-state index in [0.717, 1.165) is 25.7 Å². The fraction of sp³-hybridized carbons (Fsp3) is 0.579. The molecule has 1 saturated heterocycles. The molecule has 0 amide bonds. The van der Waals surface area contributed by atoms with Crippen molar-refractivity contribution < 1.29 is 42.6 Å². The molecule has 2 aliphatic rings. The number of hydrogen-bond acceptors (Lipinski definition) is 8. The number of aromatic nitrogens is 2. The van der Waals surface area contributed by atoms with E-state index in [0.29, 0.717) is 11.1 Å². The highest BCUT2D eigenvalue weighted by Gasteiger charge is 2.47. The molecule has 1 unspecified atom stereocenters. The Bertz CT molecular complexity index is 1240. The van der Waals surface area contributed by atoms with E-state index >= 15 is 4.39 Å². The first-order valence-electron chi connectivity index (χ1n) is 10.8. The summed E-state index contributed by atoms with van der Waals surface area (Å²) in [5.74, 6) is -1.42. The van der Waals surface area contributed by atoms with Gasteiger partial charge in [0.15, 0.2) is 23.5 Å². The molecular weight excluding hydrogens is 529 g/mol. The largest absolute Gasteiger partial charge is 0.387 e. The van der Waals surface area contributed by atoms with Crippen LogP contribution in [0.3, 0.4) is 0 Å². The maximum absolute atomic E-state index is 15.1. The highest BCUT2D eigenvalue weighted by atomic mass is 35.5. The zero-order valence-corrected chi connectivity index (χ0v) is 20.7. The summed E-state index contributed by atoms with van der Waals surface area (Å²) in [5.41, 5.74) is 0.828. The molecule has 12 nitrogen and oxygen atoms in total. The van der Waals surface area contributed by atoms with Gasteiger partial charge in [-0.3, -0.25) is 9.13 Å². The van der Waals surface area contributed by atoms with Crippen LogP contribution >= 0.6 is 26.8 Å². The third kappa shape index (κ3) is 5.72. The van der Waals surface area contributed by atoms with E-state index in [1.54, 1.807) is 6.07 Å². The van der Waals surface area contributed by atoms with Gasteiger partial charge in [0.05, 0.1) is 12.3 Å². The van der Waals surface area contributed by atoms with Gasteiger partial charge < -0.3 is 38.9 Å². The van der Waals surface area contributed by atoms with Gasteiger partial charge in [-0.1, -0.05) is 24.4 Å². The van der Waals surface area contributed by atoms with Crippen molar-refractivity contribution in [2.45, 2.75) is 56.3 Å². The molecule has 2 aromatic rings. The van der Waals surface area contributed by atoms with E-state index < -0.39 is 52.3 Å². The average Bonchev–Trinajstić information content (AvgIpc) is 3.46. The number of aliphatic hydroxyl groups excluding tert-OH is 1. The molecule has 0 aromatic carbocycles. The van der Waals surface area contributed by atoms with E-state index in [2.05, 4.69) is 14.8 Å². The average molecular weight is 553 g/mol. The Morgan fingerprint density at radius 3 is 2.66 bits per heavy atom. The molecule has 2 aromatic heterocycles. The predicted molar refractivity (Wildman–Crippen MR) is 123 cm³/mol. The molecule has 16 heteroatoms. The van der Waals surface area contributed by atoms with Crippen molar-refractivity contribution in [1.82, 2.24) is 9.55 Å². The zero-order valence-electron chi connectivity index (χ0n) is 18.2. The summed E-state index contributed by atoms with van der Waals surface area (Å²) >= 11 is 6.26. The van der Waals surface area contributed by atoms with E-state index in [9.17, 15) is 24.4 Å². The Morgan fingerprint density at radius 1 is 1.34 bits per heavy atom. The summed E-state index contributed by atoms with van der Waals surface area (Å²) in [4.78, 5) is 31.6. The van der Waals surface area contributed by atoms with Crippen molar-refractivity contribution in [2.75, 3.05) is 17.8 Å². The number of nitrogens with one attached hydrogen (secondary N) is 1. The van der Waals surface area contributed by atoms with Crippen LogP contribution in [0.2, 0.25) is 5.15 Å². The van der Waals surface area contributed by atoms with Crippen molar-refractivity contribution in [1.29, 1.82) is 5.26 Å². The van der Waals surface area contributed by atoms with Crippen LogP contribution in [-0.4, -0.2) is 66.3 Å². The van der Waals surface area contributed by atoms with Crippen molar-refractivity contribution in [3.8, 4) is 6.07 Å². The molecule has 5 atom stereocenters. The van der Waals surface area contributed by atoms with Crippen LogP contribution in [-0.2, 0) is 18.4 Å². The number of hydrogen-bond donors (Lipinski definition) is 5. The third-order valence-corrected chi connectivity index (χ3v) is 9.73. The molecule has 1 aliphatic heterocycles. The van der Waals surface area contributed by atoms with Crippen LogP contribution < -0.4 is 5.32 Å².